The largest absolute Gasteiger partial charge is 0.481 e. The van der Waals surface area contributed by atoms with Gasteiger partial charge in [-0.1, -0.05) is 25.1 Å². The molecular formula is C26H26F4N4O4S. The van der Waals surface area contributed by atoms with E-state index < -0.39 is 45.1 Å². The van der Waals surface area contributed by atoms with E-state index in [-0.39, 0.29) is 28.0 Å². The third-order valence-electron chi connectivity index (χ3n) is 6.82. The van der Waals surface area contributed by atoms with Crippen LogP contribution in [0.3, 0.4) is 0 Å². The number of pyridine rings is 2. The minimum absolute atomic E-state index is 0.0316. The summed E-state index contributed by atoms with van der Waals surface area (Å²) in [6.07, 6.45) is -3.63. The van der Waals surface area contributed by atoms with Crippen LogP contribution in [0.2, 0.25) is 0 Å². The van der Waals surface area contributed by atoms with Gasteiger partial charge in [-0.05, 0) is 61.1 Å². The minimum Gasteiger partial charge on any atom is -0.481 e. The molecule has 1 aliphatic heterocycles. The van der Waals surface area contributed by atoms with Crippen LogP contribution in [0.4, 0.5) is 29.2 Å². The molecule has 2 N–H and O–H groups in total. The van der Waals surface area contributed by atoms with Crippen molar-refractivity contribution in [2.45, 2.75) is 44.3 Å². The first kappa shape index (κ1) is 28.3. The fourth-order valence-corrected chi connectivity index (χ4v) is 5.52. The molecule has 1 aromatic carbocycles. The van der Waals surface area contributed by atoms with Gasteiger partial charge in [0.25, 0.3) is 10.0 Å². The molecule has 3 aromatic rings. The molecule has 208 valence electrons. The normalized spacial score (nSPS) is 15.7. The molecular weight excluding hydrogens is 540 g/mol. The smallest absolute Gasteiger partial charge is 0.418 e. The number of alkyl halides is 3. The Kier molecular flexibility index (Phi) is 7.57. The van der Waals surface area contributed by atoms with E-state index in [1.807, 2.05) is 11.8 Å². The molecule has 0 saturated carbocycles. The van der Waals surface area contributed by atoms with Gasteiger partial charge in [-0.15, -0.1) is 0 Å². The number of carbonyl (C=O) groups is 1. The van der Waals surface area contributed by atoms with Gasteiger partial charge in [-0.25, -0.2) is 14.4 Å². The average Bonchev–Trinajstić information content (AvgIpc) is 2.84. The summed E-state index contributed by atoms with van der Waals surface area (Å²) in [6, 6.07) is 9.56. The first-order valence-electron chi connectivity index (χ1n) is 12.0. The third kappa shape index (κ3) is 6.29. The highest BCUT2D eigenvalue weighted by Gasteiger charge is 2.36. The summed E-state index contributed by atoms with van der Waals surface area (Å²) in [4.78, 5) is 21.2. The molecule has 0 aliphatic carbocycles. The molecule has 4 rings (SSSR count). The second-order valence-electron chi connectivity index (χ2n) is 9.81. The number of aliphatic carboxylic acids is 1. The lowest BCUT2D eigenvalue weighted by Gasteiger charge is -2.39. The van der Waals surface area contributed by atoms with Crippen molar-refractivity contribution in [3.63, 3.8) is 0 Å². The molecule has 0 amide bonds. The SMILES string of the molecule is Cc1c(F)cccc1-c1nc(NS(=O)(=O)c2cccc(N3CCC(C)(CC(=O)O)CC3)n2)ccc1C(F)(F)F. The number of nitrogens with one attached hydrogen (secondary N) is 1. The second kappa shape index (κ2) is 10.4. The van der Waals surface area contributed by atoms with Crippen LogP contribution < -0.4 is 9.62 Å². The highest BCUT2D eigenvalue weighted by molar-refractivity contribution is 7.92. The number of benzene rings is 1. The van der Waals surface area contributed by atoms with Crippen LogP contribution in [-0.2, 0) is 21.0 Å². The summed E-state index contributed by atoms with van der Waals surface area (Å²) >= 11 is 0. The van der Waals surface area contributed by atoms with E-state index in [9.17, 15) is 30.8 Å². The van der Waals surface area contributed by atoms with E-state index in [1.165, 1.54) is 31.2 Å². The Morgan fingerprint density at radius 3 is 2.38 bits per heavy atom. The molecule has 3 heterocycles. The van der Waals surface area contributed by atoms with Crippen molar-refractivity contribution in [1.29, 1.82) is 0 Å². The molecule has 0 bridgehead atoms. The van der Waals surface area contributed by atoms with Gasteiger partial charge in [0.1, 0.15) is 17.5 Å². The van der Waals surface area contributed by atoms with Gasteiger partial charge >= 0.3 is 12.1 Å². The summed E-state index contributed by atoms with van der Waals surface area (Å²) in [5.41, 5.74) is -2.31. The van der Waals surface area contributed by atoms with Crippen molar-refractivity contribution in [3.05, 3.63) is 65.5 Å². The van der Waals surface area contributed by atoms with Crippen LogP contribution in [-0.4, -0.2) is 42.6 Å². The Hall–Kier alpha value is -3.74. The molecule has 13 heteroatoms. The van der Waals surface area contributed by atoms with Crippen molar-refractivity contribution in [2.24, 2.45) is 5.41 Å². The fraction of sp³-hybridized carbons (Fsp3) is 0.346. The predicted octanol–water partition coefficient (Wildman–Crippen LogP) is 5.49. The van der Waals surface area contributed by atoms with Crippen molar-refractivity contribution in [2.75, 3.05) is 22.7 Å². The monoisotopic (exact) mass is 566 g/mol. The van der Waals surface area contributed by atoms with Crippen molar-refractivity contribution < 1.29 is 35.9 Å². The molecule has 1 fully saturated rings. The van der Waals surface area contributed by atoms with E-state index in [0.717, 1.165) is 12.1 Å². The maximum atomic E-state index is 14.1. The number of rotatable bonds is 7. The number of halogens is 4. The highest BCUT2D eigenvalue weighted by Crippen LogP contribution is 2.39. The first-order valence-corrected chi connectivity index (χ1v) is 13.5. The Morgan fingerprint density at radius 1 is 1.08 bits per heavy atom. The minimum atomic E-state index is -4.82. The van der Waals surface area contributed by atoms with Crippen LogP contribution >= 0.6 is 0 Å². The summed E-state index contributed by atoms with van der Waals surface area (Å²) < 4.78 is 83.7. The molecule has 1 aliphatic rings. The Labute approximate surface area is 222 Å². The highest BCUT2D eigenvalue weighted by atomic mass is 32.2. The van der Waals surface area contributed by atoms with Crippen molar-refractivity contribution >= 4 is 27.6 Å². The number of sulfonamides is 1. The molecule has 0 unspecified atom stereocenters. The van der Waals surface area contributed by atoms with Gasteiger partial charge in [-0.3, -0.25) is 9.52 Å². The van der Waals surface area contributed by atoms with Gasteiger partial charge in [0.15, 0.2) is 5.03 Å². The summed E-state index contributed by atoms with van der Waals surface area (Å²) in [5.74, 6) is -1.63. The number of carboxylic acids is 1. The maximum absolute atomic E-state index is 14.1. The molecule has 8 nitrogen and oxygen atoms in total. The molecule has 2 aromatic heterocycles. The Balaban J connectivity index is 1.61. The predicted molar refractivity (Wildman–Crippen MR) is 136 cm³/mol. The van der Waals surface area contributed by atoms with Gasteiger partial charge in [0.2, 0.25) is 0 Å². The lowest BCUT2D eigenvalue weighted by atomic mass is 9.77. The zero-order valence-corrected chi connectivity index (χ0v) is 21.9. The third-order valence-corrected chi connectivity index (χ3v) is 8.08. The molecule has 0 spiro atoms. The number of hydrogen-bond donors (Lipinski definition) is 2. The standard InChI is InChI=1S/C26H26F4N4O4S/c1-16-17(5-3-6-19(16)27)24-18(26(28,29)30)9-10-20(31-24)33-39(37,38)22-8-4-7-21(32-22)34-13-11-25(2,12-14-34)15-23(35)36/h3-10H,11-15H2,1-2H3,(H,31,33)(H,35,36). The Bertz CT molecular complexity index is 1500. The number of nitrogens with zero attached hydrogens (tertiary/aromatic N) is 3. The van der Waals surface area contributed by atoms with Crippen LogP contribution in [0.1, 0.15) is 37.3 Å². The van der Waals surface area contributed by atoms with E-state index in [1.54, 1.807) is 6.07 Å². The molecule has 0 radical (unpaired) electrons. The van der Waals surface area contributed by atoms with E-state index in [4.69, 9.17) is 5.11 Å². The van der Waals surface area contributed by atoms with Gasteiger partial charge in [0.05, 0.1) is 17.7 Å². The van der Waals surface area contributed by atoms with Crippen LogP contribution in [0.5, 0.6) is 0 Å². The number of carboxylic acid groups (broad SMARTS) is 1. The van der Waals surface area contributed by atoms with E-state index >= 15 is 0 Å². The number of aromatic nitrogens is 2. The zero-order chi connectivity index (χ0) is 28.6. The fourth-order valence-electron chi connectivity index (χ4n) is 4.55. The number of piperidine rings is 1. The molecule has 1 saturated heterocycles. The van der Waals surface area contributed by atoms with Crippen LogP contribution in [0.25, 0.3) is 11.3 Å². The average molecular weight is 567 g/mol. The summed E-state index contributed by atoms with van der Waals surface area (Å²) in [5, 5.41) is 8.78. The van der Waals surface area contributed by atoms with Gasteiger partial charge in [0, 0.05) is 18.7 Å². The van der Waals surface area contributed by atoms with Crippen LogP contribution in [0.15, 0.2) is 53.6 Å². The number of anilines is 2. The lowest BCUT2D eigenvalue weighted by Crippen LogP contribution is -2.40. The van der Waals surface area contributed by atoms with Crippen LogP contribution in [0, 0.1) is 18.2 Å². The van der Waals surface area contributed by atoms with Crippen molar-refractivity contribution in [3.8, 4) is 11.3 Å². The quantitative estimate of drug-likeness (QED) is 0.364. The van der Waals surface area contributed by atoms with Crippen molar-refractivity contribution in [1.82, 2.24) is 9.97 Å². The van der Waals surface area contributed by atoms with E-state index in [0.29, 0.717) is 37.8 Å². The van der Waals surface area contributed by atoms with E-state index in [2.05, 4.69) is 14.7 Å². The Morgan fingerprint density at radius 2 is 1.74 bits per heavy atom. The lowest BCUT2D eigenvalue weighted by molar-refractivity contribution is -0.140. The summed E-state index contributed by atoms with van der Waals surface area (Å²) in [6.45, 7) is 4.16. The molecule has 39 heavy (non-hydrogen) atoms. The van der Waals surface area contributed by atoms with Gasteiger partial charge < -0.3 is 10.0 Å². The first-order chi connectivity index (χ1) is 18.2. The zero-order valence-electron chi connectivity index (χ0n) is 21.1. The molecule has 0 atom stereocenters. The second-order valence-corrected chi connectivity index (χ2v) is 11.4. The topological polar surface area (TPSA) is 112 Å². The van der Waals surface area contributed by atoms with Gasteiger partial charge in [-0.2, -0.15) is 21.6 Å². The maximum Gasteiger partial charge on any atom is 0.418 e. The summed E-state index contributed by atoms with van der Waals surface area (Å²) in [7, 11) is -4.36. The number of hydrogen-bond acceptors (Lipinski definition) is 6.